The van der Waals surface area contributed by atoms with Crippen LogP contribution in [-0.4, -0.2) is 26.2 Å². The largest absolute Gasteiger partial charge is 0.506 e. The van der Waals surface area contributed by atoms with E-state index in [0.717, 1.165) is 5.56 Å². The lowest BCUT2D eigenvalue weighted by atomic mass is 10.2. The first-order valence-electron chi connectivity index (χ1n) is 4.70. The molecule has 0 radical (unpaired) electrons. The van der Waals surface area contributed by atoms with E-state index >= 15 is 0 Å². The van der Waals surface area contributed by atoms with E-state index in [1.54, 1.807) is 18.3 Å². The molecule has 0 atom stereocenters. The lowest BCUT2D eigenvalue weighted by molar-refractivity contribution is 0.468. The molecular weight excluding hydrogens is 368 g/mol. The number of hydrazone groups is 1. The number of phenolic OH excluding ortho intramolecular Hbond substituents is 1. The Morgan fingerprint density at radius 3 is 2.61 bits per heavy atom. The molecule has 0 bridgehead atoms. The zero-order valence-electron chi connectivity index (χ0n) is 8.88. The van der Waals surface area contributed by atoms with Gasteiger partial charge in [0.2, 0.25) is 0 Å². The first-order valence-corrected chi connectivity index (χ1v) is 6.28. The van der Waals surface area contributed by atoms with Crippen molar-refractivity contribution < 1.29 is 5.11 Å². The molecule has 1 heterocycles. The third-order valence-corrected chi connectivity index (χ3v) is 3.20. The van der Waals surface area contributed by atoms with Gasteiger partial charge >= 0.3 is 0 Å². The number of hydrogen-bond donors (Lipinski definition) is 3. The molecule has 9 heteroatoms. The number of phenols is 1. The molecular formula is C9H8Br2N6O. The van der Waals surface area contributed by atoms with Crippen LogP contribution in [0.15, 0.2) is 32.5 Å². The Labute approximate surface area is 119 Å². The maximum Gasteiger partial charge on any atom is 0.263 e. The summed E-state index contributed by atoms with van der Waals surface area (Å²) in [6, 6.07) is 3.44. The van der Waals surface area contributed by atoms with Crippen molar-refractivity contribution >= 4 is 44.0 Å². The van der Waals surface area contributed by atoms with Crippen LogP contribution in [-0.2, 0) is 0 Å². The number of aromatic hydroxyl groups is 1. The highest BCUT2D eigenvalue weighted by Gasteiger charge is 2.04. The van der Waals surface area contributed by atoms with Gasteiger partial charge < -0.3 is 10.9 Å². The van der Waals surface area contributed by atoms with Crippen molar-refractivity contribution in [1.29, 1.82) is 0 Å². The number of anilines is 1. The van der Waals surface area contributed by atoms with Crippen LogP contribution in [0.2, 0.25) is 0 Å². The summed E-state index contributed by atoms with van der Waals surface area (Å²) in [5.41, 5.74) is 3.42. The van der Waals surface area contributed by atoms with Crippen molar-refractivity contribution in [2.75, 3.05) is 11.3 Å². The molecule has 0 unspecified atom stereocenters. The van der Waals surface area contributed by atoms with Crippen LogP contribution in [0.1, 0.15) is 5.56 Å². The van der Waals surface area contributed by atoms with Gasteiger partial charge in [-0.05, 0) is 49.6 Å². The van der Waals surface area contributed by atoms with Crippen LogP contribution < -0.4 is 11.3 Å². The molecule has 0 aliphatic carbocycles. The summed E-state index contributed by atoms with van der Waals surface area (Å²) in [5.74, 6) is 5.96. The quantitative estimate of drug-likeness (QED) is 0.430. The fourth-order valence-electron chi connectivity index (χ4n) is 1.15. The van der Waals surface area contributed by atoms with Crippen molar-refractivity contribution in [3.8, 4) is 5.75 Å². The summed E-state index contributed by atoms with van der Waals surface area (Å²) in [4.78, 5) is 0. The summed E-state index contributed by atoms with van der Waals surface area (Å²) in [7, 11) is 0. The smallest absolute Gasteiger partial charge is 0.263 e. The molecule has 4 N–H and O–H groups in total. The summed E-state index contributed by atoms with van der Waals surface area (Å²) < 4.78 is 2.35. The highest BCUT2D eigenvalue weighted by Crippen LogP contribution is 2.32. The average molecular weight is 376 g/mol. The van der Waals surface area contributed by atoms with E-state index in [9.17, 15) is 5.11 Å². The van der Waals surface area contributed by atoms with E-state index in [-0.39, 0.29) is 5.75 Å². The Kier molecular flexibility index (Phi) is 3.82. The molecule has 2 aromatic rings. The van der Waals surface area contributed by atoms with Gasteiger partial charge in [0.1, 0.15) is 12.1 Å². The fourth-order valence-corrected chi connectivity index (χ4v) is 2.37. The predicted octanol–water partition coefficient (Wildman–Crippen LogP) is 1.67. The van der Waals surface area contributed by atoms with E-state index in [2.05, 4.69) is 52.6 Å². The highest BCUT2D eigenvalue weighted by molar-refractivity contribution is 9.11. The Morgan fingerprint density at radius 2 is 2.06 bits per heavy atom. The van der Waals surface area contributed by atoms with Gasteiger partial charge in [-0.15, -0.1) is 10.2 Å². The second kappa shape index (κ2) is 5.36. The van der Waals surface area contributed by atoms with Crippen molar-refractivity contribution in [3.05, 3.63) is 33.0 Å². The second-order valence-electron chi connectivity index (χ2n) is 3.26. The van der Waals surface area contributed by atoms with Crippen LogP contribution in [0.3, 0.4) is 0 Å². The molecule has 1 aromatic carbocycles. The number of nitrogen functional groups attached to an aromatic ring is 1. The number of rotatable bonds is 3. The molecule has 0 amide bonds. The topological polar surface area (TPSA) is 101 Å². The number of halogens is 2. The SMILES string of the molecule is Nn1cnnc1N/N=C/c1cc(Br)c(O)c(Br)c1. The van der Waals surface area contributed by atoms with Crippen molar-refractivity contribution in [2.45, 2.75) is 0 Å². The monoisotopic (exact) mass is 374 g/mol. The van der Waals surface area contributed by atoms with E-state index in [4.69, 9.17) is 5.84 Å². The van der Waals surface area contributed by atoms with E-state index in [1.165, 1.54) is 11.0 Å². The van der Waals surface area contributed by atoms with Gasteiger partial charge in [-0.3, -0.25) is 0 Å². The summed E-state index contributed by atoms with van der Waals surface area (Å²) in [5, 5.41) is 20.8. The number of aromatic nitrogens is 3. The first kappa shape index (κ1) is 12.8. The van der Waals surface area contributed by atoms with Crippen LogP contribution in [0.5, 0.6) is 5.75 Å². The van der Waals surface area contributed by atoms with Crippen molar-refractivity contribution in [1.82, 2.24) is 14.9 Å². The third kappa shape index (κ3) is 2.79. The van der Waals surface area contributed by atoms with Gasteiger partial charge in [0.25, 0.3) is 5.95 Å². The molecule has 0 fully saturated rings. The lowest BCUT2D eigenvalue weighted by Gasteiger charge is -2.02. The van der Waals surface area contributed by atoms with Crippen LogP contribution in [0.4, 0.5) is 5.95 Å². The molecule has 18 heavy (non-hydrogen) atoms. The summed E-state index contributed by atoms with van der Waals surface area (Å²) in [6.45, 7) is 0. The highest BCUT2D eigenvalue weighted by atomic mass is 79.9. The van der Waals surface area contributed by atoms with E-state index in [1.807, 2.05) is 0 Å². The van der Waals surface area contributed by atoms with Gasteiger partial charge in [-0.25, -0.2) is 10.1 Å². The van der Waals surface area contributed by atoms with Crippen LogP contribution >= 0.6 is 31.9 Å². The molecule has 0 saturated heterocycles. The predicted molar refractivity (Wildman–Crippen MR) is 74.9 cm³/mol. The Morgan fingerprint density at radius 1 is 1.39 bits per heavy atom. The van der Waals surface area contributed by atoms with Gasteiger partial charge in [-0.2, -0.15) is 5.10 Å². The molecule has 0 spiro atoms. The molecule has 2 rings (SSSR count). The molecule has 0 saturated carbocycles. The Hall–Kier alpha value is -1.61. The minimum atomic E-state index is 0.141. The first-order chi connectivity index (χ1) is 8.58. The molecule has 94 valence electrons. The number of benzene rings is 1. The summed E-state index contributed by atoms with van der Waals surface area (Å²) in [6.07, 6.45) is 2.91. The molecule has 0 aliphatic rings. The molecule has 1 aromatic heterocycles. The number of nitrogens with zero attached hydrogens (tertiary/aromatic N) is 4. The average Bonchev–Trinajstić information content (AvgIpc) is 2.72. The number of nitrogens with one attached hydrogen (secondary N) is 1. The van der Waals surface area contributed by atoms with Crippen molar-refractivity contribution in [2.24, 2.45) is 5.10 Å². The minimum Gasteiger partial charge on any atom is -0.506 e. The lowest BCUT2D eigenvalue weighted by Crippen LogP contribution is -2.10. The maximum atomic E-state index is 9.55. The Bertz CT molecular complexity index is 573. The van der Waals surface area contributed by atoms with Crippen molar-refractivity contribution in [3.63, 3.8) is 0 Å². The van der Waals surface area contributed by atoms with E-state index < -0.39 is 0 Å². The van der Waals surface area contributed by atoms with Gasteiger partial charge in [0.05, 0.1) is 15.2 Å². The second-order valence-corrected chi connectivity index (χ2v) is 4.97. The van der Waals surface area contributed by atoms with Crippen LogP contribution in [0, 0.1) is 0 Å². The third-order valence-electron chi connectivity index (χ3n) is 1.99. The van der Waals surface area contributed by atoms with Gasteiger partial charge in [-0.1, -0.05) is 0 Å². The summed E-state index contributed by atoms with van der Waals surface area (Å²) >= 11 is 6.46. The zero-order valence-corrected chi connectivity index (χ0v) is 12.1. The minimum absolute atomic E-state index is 0.141. The maximum absolute atomic E-state index is 9.55. The van der Waals surface area contributed by atoms with Gasteiger partial charge in [0, 0.05) is 0 Å². The number of hydrogen-bond acceptors (Lipinski definition) is 6. The number of nitrogens with two attached hydrogens (primary N) is 1. The molecule has 7 nitrogen and oxygen atoms in total. The molecule has 0 aliphatic heterocycles. The van der Waals surface area contributed by atoms with Crippen LogP contribution in [0.25, 0.3) is 0 Å². The van der Waals surface area contributed by atoms with E-state index in [0.29, 0.717) is 14.9 Å². The Balaban J connectivity index is 2.12. The fraction of sp³-hybridized carbons (Fsp3) is 0. The standard InChI is InChI=1S/C9H8Br2N6O/c10-6-1-5(2-7(11)8(6)18)3-13-15-9-16-14-4-17(9)12/h1-4,18H,12H2,(H,15,16)/b13-3+. The zero-order chi connectivity index (χ0) is 13.1. The van der Waals surface area contributed by atoms with Gasteiger partial charge in [0.15, 0.2) is 0 Å². The normalized spacial score (nSPS) is 11.0.